The van der Waals surface area contributed by atoms with Crippen molar-refractivity contribution in [3.63, 3.8) is 0 Å². The summed E-state index contributed by atoms with van der Waals surface area (Å²) in [5.74, 6) is 1.28. The largest absolute Gasteiger partial charge is 0.340 e. The molecule has 86 valence electrons. The minimum atomic E-state index is 0.263. The average Bonchev–Trinajstić information content (AvgIpc) is 2.91. The molecular formula is C10H14N4OS. The zero-order valence-corrected chi connectivity index (χ0v) is 10.1. The lowest BCUT2D eigenvalue weighted by atomic mass is 10.2. The van der Waals surface area contributed by atoms with Crippen molar-refractivity contribution in [1.29, 1.82) is 0 Å². The van der Waals surface area contributed by atoms with Gasteiger partial charge < -0.3 is 9.84 Å². The molecule has 0 aliphatic rings. The molecule has 1 atom stereocenters. The Morgan fingerprint density at radius 3 is 3.00 bits per heavy atom. The quantitative estimate of drug-likeness (QED) is 0.864. The summed E-state index contributed by atoms with van der Waals surface area (Å²) in [6.07, 6.45) is 2.81. The summed E-state index contributed by atoms with van der Waals surface area (Å²) in [7, 11) is 0. The van der Waals surface area contributed by atoms with Crippen LogP contribution in [0.1, 0.15) is 36.1 Å². The summed E-state index contributed by atoms with van der Waals surface area (Å²) in [4.78, 5) is 8.44. The summed E-state index contributed by atoms with van der Waals surface area (Å²) in [6, 6.07) is 0.263. The smallest absolute Gasteiger partial charge is 0.223 e. The van der Waals surface area contributed by atoms with Gasteiger partial charge in [-0.3, -0.25) is 0 Å². The Balaban J connectivity index is 1.93. The second-order valence-corrected chi connectivity index (χ2v) is 4.37. The number of hydrogen-bond acceptors (Lipinski definition) is 6. The van der Waals surface area contributed by atoms with Crippen LogP contribution >= 0.6 is 11.3 Å². The molecular weight excluding hydrogens is 224 g/mol. The summed E-state index contributed by atoms with van der Waals surface area (Å²) >= 11 is 1.66. The molecule has 1 N–H and O–H groups in total. The van der Waals surface area contributed by atoms with Crippen LogP contribution in [0.5, 0.6) is 0 Å². The van der Waals surface area contributed by atoms with Gasteiger partial charge in [0.05, 0.1) is 12.6 Å². The molecule has 0 bridgehead atoms. The van der Waals surface area contributed by atoms with E-state index in [0.29, 0.717) is 18.3 Å². The minimum Gasteiger partial charge on any atom is -0.340 e. The first-order valence-corrected chi connectivity index (χ1v) is 6.09. The molecule has 0 spiro atoms. The fourth-order valence-corrected chi connectivity index (χ4v) is 2.24. The van der Waals surface area contributed by atoms with E-state index in [4.69, 9.17) is 4.52 Å². The Hall–Kier alpha value is -1.27. The van der Waals surface area contributed by atoms with Gasteiger partial charge in [-0.25, -0.2) is 4.98 Å². The van der Waals surface area contributed by atoms with E-state index in [0.717, 1.165) is 11.4 Å². The molecule has 2 aromatic heterocycles. The van der Waals surface area contributed by atoms with Crippen LogP contribution in [0.2, 0.25) is 0 Å². The van der Waals surface area contributed by atoms with Gasteiger partial charge in [-0.2, -0.15) is 4.98 Å². The Kier molecular flexibility index (Phi) is 3.63. The van der Waals surface area contributed by atoms with Gasteiger partial charge in [0.2, 0.25) is 5.89 Å². The normalized spacial score (nSPS) is 12.9. The number of thiazole rings is 1. The Labute approximate surface area is 97.9 Å². The molecule has 16 heavy (non-hydrogen) atoms. The lowest BCUT2D eigenvalue weighted by molar-refractivity contribution is 0.383. The zero-order valence-electron chi connectivity index (χ0n) is 9.30. The lowest BCUT2D eigenvalue weighted by Crippen LogP contribution is -2.20. The molecule has 0 saturated carbocycles. The van der Waals surface area contributed by atoms with Gasteiger partial charge in [0.25, 0.3) is 0 Å². The van der Waals surface area contributed by atoms with Crippen molar-refractivity contribution < 1.29 is 4.52 Å². The number of nitrogens with one attached hydrogen (secondary N) is 1. The van der Waals surface area contributed by atoms with Crippen LogP contribution in [-0.2, 0) is 6.54 Å². The fourth-order valence-electron chi connectivity index (χ4n) is 1.44. The lowest BCUT2D eigenvalue weighted by Gasteiger charge is -2.12. The molecule has 2 rings (SSSR count). The highest BCUT2D eigenvalue weighted by Crippen LogP contribution is 2.18. The number of aryl methyl sites for hydroxylation is 1. The van der Waals surface area contributed by atoms with Crippen molar-refractivity contribution in [2.75, 3.05) is 0 Å². The SMILES string of the molecule is CC[C@H](NCc1noc(C)n1)c1nccs1. The summed E-state index contributed by atoms with van der Waals surface area (Å²) < 4.78 is 4.91. The first-order valence-electron chi connectivity index (χ1n) is 5.21. The molecule has 0 saturated heterocycles. The monoisotopic (exact) mass is 238 g/mol. The van der Waals surface area contributed by atoms with Crippen molar-refractivity contribution in [2.45, 2.75) is 32.9 Å². The third-order valence-corrected chi connectivity index (χ3v) is 3.12. The Morgan fingerprint density at radius 1 is 1.56 bits per heavy atom. The summed E-state index contributed by atoms with van der Waals surface area (Å²) in [6.45, 7) is 4.52. The van der Waals surface area contributed by atoms with E-state index in [1.807, 2.05) is 11.6 Å². The molecule has 5 nitrogen and oxygen atoms in total. The van der Waals surface area contributed by atoms with Gasteiger partial charge in [0, 0.05) is 18.5 Å². The average molecular weight is 238 g/mol. The highest BCUT2D eigenvalue weighted by atomic mass is 32.1. The predicted octanol–water partition coefficient (Wildman–Crippen LogP) is 2.08. The maximum atomic E-state index is 4.91. The molecule has 2 aromatic rings. The van der Waals surface area contributed by atoms with Crippen molar-refractivity contribution in [1.82, 2.24) is 20.4 Å². The van der Waals surface area contributed by atoms with E-state index in [-0.39, 0.29) is 6.04 Å². The van der Waals surface area contributed by atoms with Gasteiger partial charge in [-0.15, -0.1) is 11.3 Å². The molecule has 0 aliphatic carbocycles. The van der Waals surface area contributed by atoms with Crippen molar-refractivity contribution in [3.05, 3.63) is 28.3 Å². The van der Waals surface area contributed by atoms with Crippen molar-refractivity contribution in [3.8, 4) is 0 Å². The van der Waals surface area contributed by atoms with Gasteiger partial charge in [-0.05, 0) is 6.42 Å². The second kappa shape index (κ2) is 5.18. The molecule has 0 amide bonds. The summed E-state index contributed by atoms with van der Waals surface area (Å²) in [5, 5.41) is 10.3. The highest BCUT2D eigenvalue weighted by Gasteiger charge is 2.12. The predicted molar refractivity (Wildman–Crippen MR) is 61.0 cm³/mol. The zero-order chi connectivity index (χ0) is 11.4. The molecule has 0 unspecified atom stereocenters. The molecule has 2 heterocycles. The summed E-state index contributed by atoms with van der Waals surface area (Å²) in [5.41, 5.74) is 0. The number of aromatic nitrogens is 3. The minimum absolute atomic E-state index is 0.263. The van der Waals surface area contributed by atoms with Gasteiger partial charge >= 0.3 is 0 Å². The maximum Gasteiger partial charge on any atom is 0.223 e. The topological polar surface area (TPSA) is 63.8 Å². The van der Waals surface area contributed by atoms with Crippen LogP contribution in [0.25, 0.3) is 0 Å². The van der Waals surface area contributed by atoms with Gasteiger partial charge in [0.1, 0.15) is 5.01 Å². The number of nitrogens with zero attached hydrogens (tertiary/aromatic N) is 3. The fraction of sp³-hybridized carbons (Fsp3) is 0.500. The Bertz CT molecular complexity index is 426. The van der Waals surface area contributed by atoms with Crippen LogP contribution in [0.3, 0.4) is 0 Å². The first-order chi connectivity index (χ1) is 7.79. The van der Waals surface area contributed by atoms with E-state index in [1.54, 1.807) is 18.3 Å². The second-order valence-electron chi connectivity index (χ2n) is 3.44. The Morgan fingerprint density at radius 2 is 2.44 bits per heavy atom. The van der Waals surface area contributed by atoms with Gasteiger partial charge in [-0.1, -0.05) is 12.1 Å². The van der Waals surface area contributed by atoms with Gasteiger partial charge in [0.15, 0.2) is 5.82 Å². The molecule has 0 aliphatic heterocycles. The van der Waals surface area contributed by atoms with Crippen molar-refractivity contribution in [2.24, 2.45) is 0 Å². The number of hydrogen-bond donors (Lipinski definition) is 1. The molecule has 0 radical (unpaired) electrons. The van der Waals surface area contributed by atoms with Crippen LogP contribution in [0, 0.1) is 6.92 Å². The molecule has 6 heteroatoms. The van der Waals surface area contributed by atoms with Crippen LogP contribution in [0.4, 0.5) is 0 Å². The standard InChI is InChI=1S/C10H14N4OS/c1-3-8(10-11-4-5-16-10)12-6-9-13-7(2)15-14-9/h4-5,8,12H,3,6H2,1-2H3/t8-/m0/s1. The third-order valence-electron chi connectivity index (χ3n) is 2.23. The van der Waals surface area contributed by atoms with E-state index < -0.39 is 0 Å². The highest BCUT2D eigenvalue weighted by molar-refractivity contribution is 7.09. The number of rotatable bonds is 5. The first kappa shape index (κ1) is 11.2. The van der Waals surface area contributed by atoms with E-state index in [9.17, 15) is 0 Å². The van der Waals surface area contributed by atoms with E-state index in [1.165, 1.54) is 0 Å². The van der Waals surface area contributed by atoms with Crippen molar-refractivity contribution >= 4 is 11.3 Å². The molecule has 0 fully saturated rings. The maximum absolute atomic E-state index is 4.91. The molecule has 0 aromatic carbocycles. The van der Waals surface area contributed by atoms with E-state index in [2.05, 4.69) is 27.4 Å². The van der Waals surface area contributed by atoms with Crippen LogP contribution in [-0.4, -0.2) is 15.1 Å². The van der Waals surface area contributed by atoms with Crippen LogP contribution in [0.15, 0.2) is 16.1 Å². The van der Waals surface area contributed by atoms with Crippen LogP contribution < -0.4 is 5.32 Å². The third kappa shape index (κ3) is 2.65. The van der Waals surface area contributed by atoms with E-state index >= 15 is 0 Å².